The molecule has 0 heterocycles. The van der Waals surface area contributed by atoms with Crippen LogP contribution in [0.3, 0.4) is 0 Å². The first kappa shape index (κ1) is 13.3. The predicted molar refractivity (Wildman–Crippen MR) is 73.0 cm³/mol. The Morgan fingerprint density at radius 2 is 1.44 bits per heavy atom. The monoisotopic (exact) mass is 218 g/mol. The Kier molecular flexibility index (Phi) is 4.18. The van der Waals surface area contributed by atoms with Gasteiger partial charge in [0, 0.05) is 0 Å². The Balaban J connectivity index is 2.88. The topological polar surface area (TPSA) is 0 Å². The molecule has 0 atom stereocenters. The maximum Gasteiger partial charge on any atom is -0.0101 e. The van der Waals surface area contributed by atoms with E-state index in [0.29, 0.717) is 11.3 Å². The first-order valence-corrected chi connectivity index (χ1v) is 6.43. The van der Waals surface area contributed by atoms with Gasteiger partial charge in [0.25, 0.3) is 0 Å². The van der Waals surface area contributed by atoms with E-state index in [1.54, 1.807) is 0 Å². The summed E-state index contributed by atoms with van der Waals surface area (Å²) in [6, 6.07) is 9.17. The van der Waals surface area contributed by atoms with Crippen molar-refractivity contribution in [1.82, 2.24) is 0 Å². The van der Waals surface area contributed by atoms with E-state index in [1.807, 2.05) is 0 Å². The highest BCUT2D eigenvalue weighted by Gasteiger charge is 2.21. The molecule has 16 heavy (non-hydrogen) atoms. The minimum absolute atomic E-state index is 0.295. The quantitative estimate of drug-likeness (QED) is 0.657. The molecule has 1 rings (SSSR count). The molecular formula is C16H26. The number of benzene rings is 1. The Morgan fingerprint density at radius 3 is 1.81 bits per heavy atom. The van der Waals surface area contributed by atoms with Gasteiger partial charge in [0.05, 0.1) is 0 Å². The molecule has 0 aliphatic heterocycles. The third-order valence-electron chi connectivity index (χ3n) is 3.28. The minimum Gasteiger partial charge on any atom is -0.0627 e. The molecule has 0 aliphatic carbocycles. The van der Waals surface area contributed by atoms with Crippen LogP contribution in [-0.4, -0.2) is 0 Å². The molecule has 0 nitrogen and oxygen atoms in total. The van der Waals surface area contributed by atoms with Crippen LogP contribution in [0.15, 0.2) is 24.3 Å². The molecule has 1 aromatic carbocycles. The lowest BCUT2D eigenvalue weighted by molar-refractivity contribution is 0.399. The highest BCUT2D eigenvalue weighted by atomic mass is 14.3. The van der Waals surface area contributed by atoms with Crippen LogP contribution < -0.4 is 0 Å². The normalized spacial score (nSPS) is 12.5. The van der Waals surface area contributed by atoms with Crippen molar-refractivity contribution in [3.05, 3.63) is 35.4 Å². The molecule has 0 radical (unpaired) electrons. The first-order valence-electron chi connectivity index (χ1n) is 6.43. The molecule has 0 bridgehead atoms. The zero-order valence-electron chi connectivity index (χ0n) is 11.7. The summed E-state index contributed by atoms with van der Waals surface area (Å²) in [7, 11) is 0. The Bertz CT molecular complexity index is 314. The summed E-state index contributed by atoms with van der Waals surface area (Å²) >= 11 is 0. The molecule has 0 saturated carbocycles. The van der Waals surface area contributed by atoms with Crippen molar-refractivity contribution in [2.75, 3.05) is 0 Å². The van der Waals surface area contributed by atoms with Crippen molar-refractivity contribution in [3.8, 4) is 0 Å². The van der Waals surface area contributed by atoms with Gasteiger partial charge in [-0.25, -0.2) is 0 Å². The van der Waals surface area contributed by atoms with Gasteiger partial charge in [0.1, 0.15) is 0 Å². The van der Waals surface area contributed by atoms with Crippen LogP contribution in [0.2, 0.25) is 0 Å². The van der Waals surface area contributed by atoms with Crippen molar-refractivity contribution in [2.24, 2.45) is 5.92 Å². The minimum atomic E-state index is 0.295. The molecule has 0 unspecified atom stereocenters. The van der Waals surface area contributed by atoms with Gasteiger partial charge in [0.15, 0.2) is 0 Å². The lowest BCUT2D eigenvalue weighted by atomic mass is 9.77. The SMILES string of the molecule is CC(C)CC(C)(C)c1ccc(C(C)C)cc1. The summed E-state index contributed by atoms with van der Waals surface area (Å²) in [6.07, 6.45) is 1.24. The van der Waals surface area contributed by atoms with E-state index < -0.39 is 0 Å². The summed E-state index contributed by atoms with van der Waals surface area (Å²) in [5, 5.41) is 0. The van der Waals surface area contributed by atoms with Gasteiger partial charge in [-0.1, -0.05) is 65.8 Å². The molecule has 0 fully saturated rings. The summed E-state index contributed by atoms with van der Waals surface area (Å²) in [5.41, 5.74) is 3.19. The first-order chi connectivity index (χ1) is 7.33. The Morgan fingerprint density at radius 1 is 0.938 bits per heavy atom. The van der Waals surface area contributed by atoms with Crippen LogP contribution in [0, 0.1) is 5.92 Å². The lowest BCUT2D eigenvalue weighted by Gasteiger charge is -2.27. The van der Waals surface area contributed by atoms with Crippen LogP contribution in [0.5, 0.6) is 0 Å². The molecular weight excluding hydrogens is 192 g/mol. The van der Waals surface area contributed by atoms with Crippen molar-refractivity contribution >= 4 is 0 Å². The molecule has 0 amide bonds. The number of hydrogen-bond donors (Lipinski definition) is 0. The smallest absolute Gasteiger partial charge is 0.0101 e. The molecule has 0 N–H and O–H groups in total. The average Bonchev–Trinajstić information content (AvgIpc) is 2.16. The molecule has 0 aromatic heterocycles. The maximum atomic E-state index is 2.34. The fourth-order valence-corrected chi connectivity index (χ4v) is 2.46. The van der Waals surface area contributed by atoms with Crippen molar-refractivity contribution < 1.29 is 0 Å². The zero-order valence-corrected chi connectivity index (χ0v) is 11.7. The van der Waals surface area contributed by atoms with E-state index in [-0.39, 0.29) is 0 Å². The predicted octanol–water partition coefficient (Wildman–Crippen LogP) is 5.13. The van der Waals surface area contributed by atoms with E-state index in [1.165, 1.54) is 17.5 Å². The van der Waals surface area contributed by atoms with Gasteiger partial charge >= 0.3 is 0 Å². The van der Waals surface area contributed by atoms with E-state index in [9.17, 15) is 0 Å². The Hall–Kier alpha value is -0.780. The van der Waals surface area contributed by atoms with E-state index >= 15 is 0 Å². The van der Waals surface area contributed by atoms with Crippen LogP contribution in [0.25, 0.3) is 0 Å². The lowest BCUT2D eigenvalue weighted by Crippen LogP contribution is -2.19. The van der Waals surface area contributed by atoms with E-state index in [0.717, 1.165) is 5.92 Å². The fraction of sp³-hybridized carbons (Fsp3) is 0.625. The summed E-state index contributed by atoms with van der Waals surface area (Å²) in [6.45, 7) is 13.8. The van der Waals surface area contributed by atoms with Gasteiger partial charge in [-0.15, -0.1) is 0 Å². The van der Waals surface area contributed by atoms with Gasteiger partial charge in [0.2, 0.25) is 0 Å². The zero-order chi connectivity index (χ0) is 12.3. The molecule has 0 spiro atoms. The largest absolute Gasteiger partial charge is 0.0627 e. The molecule has 0 aliphatic rings. The van der Waals surface area contributed by atoms with Gasteiger partial charge < -0.3 is 0 Å². The molecule has 1 aromatic rings. The van der Waals surface area contributed by atoms with Gasteiger partial charge in [-0.2, -0.15) is 0 Å². The number of rotatable bonds is 4. The van der Waals surface area contributed by atoms with Crippen molar-refractivity contribution in [3.63, 3.8) is 0 Å². The van der Waals surface area contributed by atoms with Crippen LogP contribution in [-0.2, 0) is 5.41 Å². The second-order valence-corrected chi connectivity index (χ2v) is 6.26. The fourth-order valence-electron chi connectivity index (χ4n) is 2.46. The van der Waals surface area contributed by atoms with Crippen LogP contribution in [0.4, 0.5) is 0 Å². The highest BCUT2D eigenvalue weighted by molar-refractivity contribution is 5.29. The standard InChI is InChI=1S/C16H26/c1-12(2)11-16(5,6)15-9-7-14(8-10-15)13(3)4/h7-10,12-13H,11H2,1-6H3. The van der Waals surface area contributed by atoms with Crippen LogP contribution in [0.1, 0.15) is 65.0 Å². The van der Waals surface area contributed by atoms with Crippen LogP contribution >= 0.6 is 0 Å². The van der Waals surface area contributed by atoms with E-state index in [2.05, 4.69) is 65.8 Å². The third kappa shape index (κ3) is 3.37. The summed E-state index contributed by atoms with van der Waals surface area (Å²) in [5.74, 6) is 1.38. The highest BCUT2D eigenvalue weighted by Crippen LogP contribution is 2.31. The summed E-state index contributed by atoms with van der Waals surface area (Å²) in [4.78, 5) is 0. The van der Waals surface area contributed by atoms with E-state index in [4.69, 9.17) is 0 Å². The maximum absolute atomic E-state index is 2.34. The third-order valence-corrected chi connectivity index (χ3v) is 3.28. The van der Waals surface area contributed by atoms with Gasteiger partial charge in [-0.05, 0) is 34.8 Å². The van der Waals surface area contributed by atoms with Gasteiger partial charge in [-0.3, -0.25) is 0 Å². The molecule has 90 valence electrons. The Labute approximate surface area is 101 Å². The van der Waals surface area contributed by atoms with Crippen molar-refractivity contribution in [2.45, 2.75) is 59.3 Å². The molecule has 0 heteroatoms. The average molecular weight is 218 g/mol. The molecule has 0 saturated heterocycles. The second-order valence-electron chi connectivity index (χ2n) is 6.26. The summed E-state index contributed by atoms with van der Waals surface area (Å²) < 4.78 is 0. The second kappa shape index (κ2) is 5.03. The number of hydrogen-bond acceptors (Lipinski definition) is 0. The van der Waals surface area contributed by atoms with Crippen molar-refractivity contribution in [1.29, 1.82) is 0 Å².